The SMILES string of the molecule is Cc1cc(-c2ccnc(Nc3ccc(C4CCN(CC5CCN(c6ccc(NC7CCC(=O)NC7=O)cc6)CC5)CC4)cc3)n2)ccc1CNC(=O)N1CC(OC(C)C)C1. The van der Waals surface area contributed by atoms with Crippen molar-refractivity contribution in [1.29, 1.82) is 0 Å². The van der Waals surface area contributed by atoms with Gasteiger partial charge in [-0.05, 0) is 143 Å². The lowest BCUT2D eigenvalue weighted by molar-refractivity contribution is -0.133. The molecule has 0 radical (unpaired) electrons. The second-order valence-electron chi connectivity index (χ2n) is 17.2. The summed E-state index contributed by atoms with van der Waals surface area (Å²) < 4.78 is 5.77. The highest BCUT2D eigenvalue weighted by Crippen LogP contribution is 2.32. The first-order valence-corrected chi connectivity index (χ1v) is 21.8. The molecule has 13 heteroatoms. The zero-order chi connectivity index (χ0) is 41.6. The predicted molar refractivity (Wildman–Crippen MR) is 235 cm³/mol. The van der Waals surface area contributed by atoms with Gasteiger partial charge >= 0.3 is 6.03 Å². The van der Waals surface area contributed by atoms with Crippen molar-refractivity contribution in [3.05, 3.63) is 95.7 Å². The molecule has 4 aliphatic heterocycles. The highest BCUT2D eigenvalue weighted by atomic mass is 16.5. The molecule has 1 atom stereocenters. The Kier molecular flexibility index (Phi) is 12.9. The Labute approximate surface area is 353 Å². The second-order valence-corrected chi connectivity index (χ2v) is 17.2. The summed E-state index contributed by atoms with van der Waals surface area (Å²) in [5, 5.41) is 12.1. The molecule has 8 rings (SSSR count). The van der Waals surface area contributed by atoms with Crippen molar-refractivity contribution >= 4 is 40.9 Å². The molecule has 4 aliphatic rings. The number of hydrogen-bond acceptors (Lipinski definition) is 10. The molecule has 0 saturated carbocycles. The van der Waals surface area contributed by atoms with Crippen LogP contribution in [0.3, 0.4) is 0 Å². The number of likely N-dealkylation sites (tertiary alicyclic amines) is 2. The lowest BCUT2D eigenvalue weighted by atomic mass is 9.88. The van der Waals surface area contributed by atoms with Crippen molar-refractivity contribution in [3.63, 3.8) is 0 Å². The van der Waals surface area contributed by atoms with Crippen LogP contribution in [0.25, 0.3) is 11.3 Å². The third-order valence-electron chi connectivity index (χ3n) is 12.5. The van der Waals surface area contributed by atoms with Gasteiger partial charge < -0.3 is 35.4 Å². The van der Waals surface area contributed by atoms with Crippen LogP contribution in [-0.2, 0) is 20.9 Å². The number of imide groups is 1. The number of nitrogens with one attached hydrogen (secondary N) is 4. The lowest BCUT2D eigenvalue weighted by Gasteiger charge is -2.39. The summed E-state index contributed by atoms with van der Waals surface area (Å²) in [4.78, 5) is 52.4. The molecule has 4 amide bonds. The minimum absolute atomic E-state index is 0.0582. The van der Waals surface area contributed by atoms with Crippen LogP contribution in [0.1, 0.15) is 75.0 Å². The Bertz CT molecular complexity index is 2110. The lowest BCUT2D eigenvalue weighted by Crippen LogP contribution is -2.58. The molecule has 4 saturated heterocycles. The number of carbonyl (C=O) groups excluding carboxylic acids is 3. The summed E-state index contributed by atoms with van der Waals surface area (Å²) in [6.07, 6.45) is 7.71. The summed E-state index contributed by atoms with van der Waals surface area (Å²) in [6.45, 7) is 13.4. The van der Waals surface area contributed by atoms with E-state index in [1.54, 1.807) is 11.1 Å². The fraction of sp³-hybridized carbons (Fsp3) is 0.468. The highest BCUT2D eigenvalue weighted by molar-refractivity contribution is 6.01. The van der Waals surface area contributed by atoms with E-state index in [9.17, 15) is 14.4 Å². The first-order chi connectivity index (χ1) is 29.1. The van der Waals surface area contributed by atoms with E-state index in [2.05, 4.69) is 97.6 Å². The van der Waals surface area contributed by atoms with Gasteiger partial charge in [0.2, 0.25) is 17.8 Å². The minimum Gasteiger partial charge on any atom is -0.374 e. The Morgan fingerprint density at radius 2 is 1.62 bits per heavy atom. The molecule has 4 aromatic rings. The molecule has 5 heterocycles. The third-order valence-corrected chi connectivity index (χ3v) is 12.5. The van der Waals surface area contributed by atoms with Crippen molar-refractivity contribution in [3.8, 4) is 11.3 Å². The van der Waals surface area contributed by atoms with Crippen molar-refractivity contribution in [2.75, 3.05) is 61.3 Å². The van der Waals surface area contributed by atoms with Crippen LogP contribution in [0.15, 0.2) is 79.0 Å². The van der Waals surface area contributed by atoms with Crippen LogP contribution in [0, 0.1) is 12.8 Å². The summed E-state index contributed by atoms with van der Waals surface area (Å²) in [7, 11) is 0. The van der Waals surface area contributed by atoms with Gasteiger partial charge in [-0.15, -0.1) is 0 Å². The molecular formula is C47H59N9O4. The van der Waals surface area contributed by atoms with E-state index in [1.165, 1.54) is 43.5 Å². The average molecular weight is 814 g/mol. The van der Waals surface area contributed by atoms with Gasteiger partial charge in [0, 0.05) is 61.4 Å². The van der Waals surface area contributed by atoms with Crippen molar-refractivity contribution in [2.24, 2.45) is 5.92 Å². The van der Waals surface area contributed by atoms with Gasteiger partial charge in [-0.1, -0.05) is 24.3 Å². The van der Waals surface area contributed by atoms with Crippen molar-refractivity contribution < 1.29 is 19.1 Å². The smallest absolute Gasteiger partial charge is 0.317 e. The molecule has 1 unspecified atom stereocenters. The number of ether oxygens (including phenoxy) is 1. The Morgan fingerprint density at radius 3 is 2.32 bits per heavy atom. The number of hydrogen-bond donors (Lipinski definition) is 4. The molecule has 4 N–H and O–H groups in total. The van der Waals surface area contributed by atoms with E-state index in [4.69, 9.17) is 9.72 Å². The number of piperidine rings is 3. The zero-order valence-corrected chi connectivity index (χ0v) is 35.2. The quantitative estimate of drug-likeness (QED) is 0.106. The van der Waals surface area contributed by atoms with Gasteiger partial charge in [0.15, 0.2) is 0 Å². The number of benzene rings is 3. The van der Waals surface area contributed by atoms with E-state index in [1.807, 2.05) is 32.0 Å². The van der Waals surface area contributed by atoms with Crippen molar-refractivity contribution in [1.82, 2.24) is 30.4 Å². The van der Waals surface area contributed by atoms with Gasteiger partial charge in [0.1, 0.15) is 6.04 Å². The van der Waals surface area contributed by atoms with Crippen LogP contribution in [-0.4, -0.2) is 102 Å². The van der Waals surface area contributed by atoms with E-state index in [0.717, 1.165) is 65.9 Å². The van der Waals surface area contributed by atoms with Crippen LogP contribution < -0.4 is 26.2 Å². The summed E-state index contributed by atoms with van der Waals surface area (Å²) in [5.74, 6) is 1.40. The number of amides is 4. The van der Waals surface area contributed by atoms with Crippen LogP contribution in [0.5, 0.6) is 0 Å². The van der Waals surface area contributed by atoms with Crippen LogP contribution in [0.4, 0.5) is 27.8 Å². The molecule has 13 nitrogen and oxygen atoms in total. The molecule has 60 heavy (non-hydrogen) atoms. The maximum absolute atomic E-state index is 12.6. The maximum Gasteiger partial charge on any atom is 0.317 e. The van der Waals surface area contributed by atoms with E-state index >= 15 is 0 Å². The number of aryl methyl sites for hydroxylation is 1. The average Bonchev–Trinajstić information content (AvgIpc) is 3.24. The Hall–Kier alpha value is -5.53. The topological polar surface area (TPSA) is 144 Å². The maximum atomic E-state index is 12.6. The molecular weight excluding hydrogens is 755 g/mol. The van der Waals surface area contributed by atoms with E-state index in [-0.39, 0.29) is 36.1 Å². The Balaban J connectivity index is 0.751. The largest absolute Gasteiger partial charge is 0.374 e. The van der Waals surface area contributed by atoms with Gasteiger partial charge in [0.05, 0.1) is 31.0 Å². The van der Waals surface area contributed by atoms with Crippen LogP contribution >= 0.6 is 0 Å². The molecule has 3 aromatic carbocycles. The minimum atomic E-state index is -0.366. The van der Waals surface area contributed by atoms with Gasteiger partial charge in [-0.3, -0.25) is 14.9 Å². The second kappa shape index (κ2) is 18.8. The number of anilines is 4. The van der Waals surface area contributed by atoms with Gasteiger partial charge in [-0.25, -0.2) is 14.8 Å². The molecule has 1 aromatic heterocycles. The standard InChI is InChI=1S/C47H59N9O4/c1-31(2)60-41-29-56(30-41)47(59)49-27-37-5-4-36(26-32(37)3)42-16-21-48-46(52-42)51-39-8-6-34(7-9-39)35-19-22-54(23-20-35)28-33-17-24-55(25-18-33)40-12-10-38(11-13-40)50-43-14-15-44(57)53-45(43)58/h4-13,16,21,26,31,33,35,41,43,50H,14-15,17-20,22-25,27-30H2,1-3H3,(H,49,59)(H,48,51,52)(H,53,57,58). The highest BCUT2D eigenvalue weighted by Gasteiger charge is 2.32. The van der Waals surface area contributed by atoms with Gasteiger partial charge in [-0.2, -0.15) is 0 Å². The van der Waals surface area contributed by atoms with E-state index < -0.39 is 0 Å². The number of aromatic nitrogens is 2. The van der Waals surface area contributed by atoms with Gasteiger partial charge in [0.25, 0.3) is 0 Å². The molecule has 316 valence electrons. The fourth-order valence-corrected chi connectivity index (χ4v) is 8.95. The van der Waals surface area contributed by atoms with Crippen molar-refractivity contribution in [2.45, 2.75) is 90.0 Å². The number of urea groups is 1. The summed E-state index contributed by atoms with van der Waals surface area (Å²) in [5.41, 5.74) is 8.48. The number of nitrogens with zero attached hydrogens (tertiary/aromatic N) is 5. The molecule has 0 spiro atoms. The Morgan fingerprint density at radius 1 is 0.883 bits per heavy atom. The zero-order valence-electron chi connectivity index (χ0n) is 35.2. The summed E-state index contributed by atoms with van der Waals surface area (Å²) in [6, 6.07) is 24.8. The molecule has 0 bridgehead atoms. The normalized spacial score (nSPS) is 19.6. The summed E-state index contributed by atoms with van der Waals surface area (Å²) >= 11 is 0. The first kappa shape index (κ1) is 41.2. The third kappa shape index (κ3) is 10.4. The number of carbonyl (C=O) groups is 3. The van der Waals surface area contributed by atoms with E-state index in [0.29, 0.717) is 44.3 Å². The van der Waals surface area contributed by atoms with Crippen LogP contribution in [0.2, 0.25) is 0 Å². The monoisotopic (exact) mass is 813 g/mol. The predicted octanol–water partition coefficient (Wildman–Crippen LogP) is 6.83. The first-order valence-electron chi connectivity index (χ1n) is 21.8. The molecule has 0 aliphatic carbocycles. The molecule has 4 fully saturated rings. The fourth-order valence-electron chi connectivity index (χ4n) is 8.95. The number of rotatable bonds is 13.